The maximum atomic E-state index is 13.1. The predicted octanol–water partition coefficient (Wildman–Crippen LogP) is 3.98. The van der Waals surface area contributed by atoms with Gasteiger partial charge in [-0.3, -0.25) is 4.79 Å². The molecule has 21 heavy (non-hydrogen) atoms. The first-order chi connectivity index (χ1) is 9.95. The van der Waals surface area contributed by atoms with Crippen LogP contribution in [0.3, 0.4) is 0 Å². The van der Waals surface area contributed by atoms with Gasteiger partial charge in [0.15, 0.2) is 17.7 Å². The molecular formula is C15H12F2INO2. The minimum atomic E-state index is -1.01. The third kappa shape index (κ3) is 4.38. The Hall–Kier alpha value is -1.70. The average Bonchev–Trinajstić information content (AvgIpc) is 2.43. The van der Waals surface area contributed by atoms with Crippen LogP contribution in [0.2, 0.25) is 0 Å². The Morgan fingerprint density at radius 2 is 1.95 bits per heavy atom. The molecule has 0 radical (unpaired) electrons. The molecule has 0 spiro atoms. The summed E-state index contributed by atoms with van der Waals surface area (Å²) < 4.78 is 32.4. The van der Waals surface area contributed by atoms with E-state index in [0.717, 1.165) is 15.7 Å². The first kappa shape index (κ1) is 15.7. The summed E-state index contributed by atoms with van der Waals surface area (Å²) in [6, 6.07) is 10.4. The molecule has 1 N–H and O–H groups in total. The van der Waals surface area contributed by atoms with E-state index in [1.165, 1.54) is 6.07 Å². The van der Waals surface area contributed by atoms with Crippen LogP contribution in [-0.2, 0) is 4.79 Å². The van der Waals surface area contributed by atoms with E-state index in [1.54, 1.807) is 19.1 Å². The molecule has 0 heterocycles. The molecule has 2 aromatic carbocycles. The molecule has 0 aliphatic heterocycles. The average molecular weight is 403 g/mol. The van der Waals surface area contributed by atoms with Crippen LogP contribution >= 0.6 is 22.6 Å². The molecule has 2 rings (SSSR count). The van der Waals surface area contributed by atoms with Crippen LogP contribution in [0.4, 0.5) is 14.5 Å². The normalized spacial score (nSPS) is 11.8. The van der Waals surface area contributed by atoms with Crippen molar-refractivity contribution in [3.8, 4) is 5.75 Å². The molecule has 0 aliphatic carbocycles. The molecule has 0 saturated carbocycles. The van der Waals surface area contributed by atoms with Crippen molar-refractivity contribution in [2.45, 2.75) is 13.0 Å². The molecule has 0 aromatic heterocycles. The fourth-order valence-electron chi connectivity index (χ4n) is 1.62. The Labute approximate surface area is 134 Å². The second kappa shape index (κ2) is 6.84. The van der Waals surface area contributed by atoms with E-state index in [2.05, 4.69) is 27.9 Å². The Morgan fingerprint density at radius 1 is 1.19 bits per heavy atom. The Balaban J connectivity index is 2.00. The molecule has 3 nitrogen and oxygen atoms in total. The van der Waals surface area contributed by atoms with Gasteiger partial charge in [-0.1, -0.05) is 6.07 Å². The monoisotopic (exact) mass is 403 g/mol. The van der Waals surface area contributed by atoms with E-state index in [1.807, 2.05) is 12.1 Å². The molecule has 110 valence electrons. The number of benzene rings is 2. The summed E-state index contributed by atoms with van der Waals surface area (Å²) >= 11 is 2.14. The minimum absolute atomic E-state index is 0.178. The van der Waals surface area contributed by atoms with Gasteiger partial charge < -0.3 is 10.1 Å². The van der Waals surface area contributed by atoms with Crippen LogP contribution < -0.4 is 10.1 Å². The lowest BCUT2D eigenvalue weighted by molar-refractivity contribution is -0.122. The molecule has 0 fully saturated rings. The van der Waals surface area contributed by atoms with Crippen molar-refractivity contribution >= 4 is 34.2 Å². The van der Waals surface area contributed by atoms with E-state index in [0.29, 0.717) is 5.75 Å². The van der Waals surface area contributed by atoms with Crippen molar-refractivity contribution in [3.63, 3.8) is 0 Å². The van der Waals surface area contributed by atoms with E-state index in [9.17, 15) is 13.6 Å². The van der Waals surface area contributed by atoms with Gasteiger partial charge in [0.05, 0.1) is 0 Å². The number of rotatable bonds is 4. The van der Waals surface area contributed by atoms with Crippen LogP contribution in [0.1, 0.15) is 6.92 Å². The SMILES string of the molecule is CC(Oc1cccc(I)c1)C(=O)Nc1ccc(F)c(F)c1. The molecule has 0 saturated heterocycles. The maximum absolute atomic E-state index is 13.1. The molecule has 0 bridgehead atoms. The van der Waals surface area contributed by atoms with Crippen molar-refractivity contribution in [2.24, 2.45) is 0 Å². The first-order valence-corrected chi connectivity index (χ1v) is 7.22. The summed E-state index contributed by atoms with van der Waals surface area (Å²) in [7, 11) is 0. The molecule has 2 aromatic rings. The number of hydrogen-bond acceptors (Lipinski definition) is 2. The zero-order valence-corrected chi connectivity index (χ0v) is 13.2. The summed E-state index contributed by atoms with van der Waals surface area (Å²) in [6.45, 7) is 1.58. The van der Waals surface area contributed by atoms with E-state index < -0.39 is 23.6 Å². The summed E-state index contributed by atoms with van der Waals surface area (Å²) in [5.41, 5.74) is 0.178. The number of amides is 1. The lowest BCUT2D eigenvalue weighted by Gasteiger charge is -2.15. The Bertz CT molecular complexity index is 664. The van der Waals surface area contributed by atoms with Gasteiger partial charge in [0.2, 0.25) is 0 Å². The van der Waals surface area contributed by atoms with Crippen LogP contribution in [0.5, 0.6) is 5.75 Å². The van der Waals surface area contributed by atoms with E-state index in [-0.39, 0.29) is 5.69 Å². The number of anilines is 1. The summed E-state index contributed by atoms with van der Waals surface area (Å²) in [5, 5.41) is 2.47. The van der Waals surface area contributed by atoms with Gasteiger partial charge in [0, 0.05) is 15.3 Å². The minimum Gasteiger partial charge on any atom is -0.481 e. The third-order valence-corrected chi connectivity index (χ3v) is 3.34. The standard InChI is InChI=1S/C15H12F2INO2/c1-9(21-12-4-2-3-10(18)7-12)15(20)19-11-5-6-13(16)14(17)8-11/h2-9H,1H3,(H,19,20). The predicted molar refractivity (Wildman–Crippen MR) is 84.2 cm³/mol. The summed E-state index contributed by atoms with van der Waals surface area (Å²) in [4.78, 5) is 11.9. The zero-order valence-electron chi connectivity index (χ0n) is 11.1. The largest absolute Gasteiger partial charge is 0.481 e. The molecule has 1 atom stereocenters. The van der Waals surface area contributed by atoms with Gasteiger partial charge in [-0.15, -0.1) is 0 Å². The van der Waals surface area contributed by atoms with Crippen LogP contribution in [-0.4, -0.2) is 12.0 Å². The first-order valence-electron chi connectivity index (χ1n) is 6.14. The molecule has 1 unspecified atom stereocenters. The van der Waals surface area contributed by atoms with Crippen molar-refractivity contribution in [1.29, 1.82) is 0 Å². The highest BCUT2D eigenvalue weighted by Crippen LogP contribution is 2.17. The topological polar surface area (TPSA) is 38.3 Å². The number of carbonyl (C=O) groups excluding carboxylic acids is 1. The second-order valence-electron chi connectivity index (χ2n) is 4.34. The van der Waals surface area contributed by atoms with Crippen molar-refractivity contribution < 1.29 is 18.3 Å². The zero-order chi connectivity index (χ0) is 15.4. The molecular weight excluding hydrogens is 391 g/mol. The van der Waals surface area contributed by atoms with Crippen molar-refractivity contribution in [1.82, 2.24) is 0 Å². The van der Waals surface area contributed by atoms with Gasteiger partial charge >= 0.3 is 0 Å². The smallest absolute Gasteiger partial charge is 0.265 e. The molecule has 0 aliphatic rings. The molecule has 1 amide bonds. The number of ether oxygens (including phenoxy) is 1. The maximum Gasteiger partial charge on any atom is 0.265 e. The van der Waals surface area contributed by atoms with Crippen LogP contribution in [0.25, 0.3) is 0 Å². The van der Waals surface area contributed by atoms with Gasteiger partial charge in [0.25, 0.3) is 5.91 Å². The van der Waals surface area contributed by atoms with Crippen molar-refractivity contribution in [3.05, 3.63) is 57.7 Å². The highest BCUT2D eigenvalue weighted by Gasteiger charge is 2.15. The quantitative estimate of drug-likeness (QED) is 0.785. The Morgan fingerprint density at radius 3 is 2.62 bits per heavy atom. The van der Waals surface area contributed by atoms with Crippen molar-refractivity contribution in [2.75, 3.05) is 5.32 Å². The lowest BCUT2D eigenvalue weighted by atomic mass is 10.2. The fraction of sp³-hybridized carbons (Fsp3) is 0.133. The highest BCUT2D eigenvalue weighted by molar-refractivity contribution is 14.1. The Kier molecular flexibility index (Phi) is 5.11. The number of halogens is 3. The summed E-state index contributed by atoms with van der Waals surface area (Å²) in [5.74, 6) is -1.86. The van der Waals surface area contributed by atoms with Gasteiger partial charge in [0.1, 0.15) is 5.75 Å². The third-order valence-electron chi connectivity index (χ3n) is 2.67. The number of carbonyl (C=O) groups is 1. The van der Waals surface area contributed by atoms with Gasteiger partial charge in [-0.25, -0.2) is 8.78 Å². The number of hydrogen-bond donors (Lipinski definition) is 1. The van der Waals surface area contributed by atoms with Gasteiger partial charge in [-0.05, 0) is 59.8 Å². The van der Waals surface area contributed by atoms with E-state index in [4.69, 9.17) is 4.74 Å². The van der Waals surface area contributed by atoms with Crippen LogP contribution in [0, 0.1) is 15.2 Å². The molecule has 6 heteroatoms. The second-order valence-corrected chi connectivity index (χ2v) is 5.58. The van der Waals surface area contributed by atoms with E-state index >= 15 is 0 Å². The lowest BCUT2D eigenvalue weighted by Crippen LogP contribution is -2.30. The highest BCUT2D eigenvalue weighted by atomic mass is 127. The summed E-state index contributed by atoms with van der Waals surface area (Å²) in [6.07, 6.45) is -0.767. The van der Waals surface area contributed by atoms with Gasteiger partial charge in [-0.2, -0.15) is 0 Å². The van der Waals surface area contributed by atoms with Crippen LogP contribution in [0.15, 0.2) is 42.5 Å². The number of nitrogens with one attached hydrogen (secondary N) is 1. The fourth-order valence-corrected chi connectivity index (χ4v) is 2.13.